The fourth-order valence-electron chi connectivity index (χ4n) is 5.13. The number of aromatic nitrogens is 7. The number of nitrogens with zero attached hydrogens (tertiary/aromatic N) is 6. The first-order chi connectivity index (χ1) is 18.8. The fraction of sp³-hybridized carbons (Fsp3) is 0.207. The lowest BCUT2D eigenvalue weighted by atomic mass is 10.1. The topological polar surface area (TPSA) is 108 Å². The Labute approximate surface area is 219 Å². The van der Waals surface area contributed by atoms with E-state index in [0.29, 0.717) is 6.61 Å². The van der Waals surface area contributed by atoms with E-state index in [1.165, 1.54) is 12.8 Å². The normalized spacial score (nSPS) is 14.0. The Morgan fingerprint density at radius 1 is 0.868 bits per heavy atom. The van der Waals surface area contributed by atoms with Crippen molar-refractivity contribution in [3.63, 3.8) is 0 Å². The quantitative estimate of drug-likeness (QED) is 0.313. The maximum Gasteiger partial charge on any atom is 0.155 e. The third kappa shape index (κ3) is 4.26. The summed E-state index contributed by atoms with van der Waals surface area (Å²) in [6, 6.07) is 12.1. The SMILES string of the molecule is c1ccc(-c2cncc3[nH]c(-c4n[nH]c5ncc(-c6cncc(OCCN7CCCC7)c6)cc45)cc23)nc1. The smallest absolute Gasteiger partial charge is 0.155 e. The van der Waals surface area contributed by atoms with Gasteiger partial charge in [-0.1, -0.05) is 6.07 Å². The lowest BCUT2D eigenvalue weighted by Crippen LogP contribution is -2.25. The van der Waals surface area contributed by atoms with Crippen molar-refractivity contribution in [2.24, 2.45) is 0 Å². The first kappa shape index (κ1) is 22.6. The van der Waals surface area contributed by atoms with Gasteiger partial charge in [-0.15, -0.1) is 0 Å². The molecule has 38 heavy (non-hydrogen) atoms. The Morgan fingerprint density at radius 2 is 1.76 bits per heavy atom. The van der Waals surface area contributed by atoms with Crippen molar-refractivity contribution in [2.45, 2.75) is 12.8 Å². The predicted molar refractivity (Wildman–Crippen MR) is 147 cm³/mol. The first-order valence-electron chi connectivity index (χ1n) is 12.8. The predicted octanol–water partition coefficient (Wildman–Crippen LogP) is 5.10. The van der Waals surface area contributed by atoms with Crippen LogP contribution in [0.15, 0.2) is 73.6 Å². The van der Waals surface area contributed by atoms with Crippen molar-refractivity contribution in [1.82, 2.24) is 40.0 Å². The summed E-state index contributed by atoms with van der Waals surface area (Å²) in [6.45, 7) is 3.93. The number of ether oxygens (including phenoxy) is 1. The Hall–Kier alpha value is -4.63. The number of fused-ring (bicyclic) bond motifs is 2. The van der Waals surface area contributed by atoms with Crippen molar-refractivity contribution in [2.75, 3.05) is 26.2 Å². The van der Waals surface area contributed by atoms with Crippen molar-refractivity contribution >= 4 is 21.9 Å². The third-order valence-electron chi connectivity index (χ3n) is 7.08. The minimum Gasteiger partial charge on any atom is -0.491 e. The second-order valence-corrected chi connectivity index (χ2v) is 9.55. The van der Waals surface area contributed by atoms with E-state index in [0.717, 1.165) is 81.1 Å². The van der Waals surface area contributed by atoms with E-state index in [2.05, 4.69) is 52.1 Å². The zero-order valence-electron chi connectivity index (χ0n) is 20.8. The van der Waals surface area contributed by atoms with Gasteiger partial charge < -0.3 is 9.72 Å². The summed E-state index contributed by atoms with van der Waals surface area (Å²) in [4.78, 5) is 23.9. The van der Waals surface area contributed by atoms with Crippen LogP contribution in [0.3, 0.4) is 0 Å². The van der Waals surface area contributed by atoms with Crippen LogP contribution in [0, 0.1) is 0 Å². The van der Waals surface area contributed by atoms with Gasteiger partial charge in [0, 0.05) is 58.8 Å². The van der Waals surface area contributed by atoms with Gasteiger partial charge in [-0.2, -0.15) is 5.10 Å². The Morgan fingerprint density at radius 3 is 2.66 bits per heavy atom. The number of hydrogen-bond acceptors (Lipinski definition) is 7. The van der Waals surface area contributed by atoms with Crippen LogP contribution in [0.25, 0.3) is 55.7 Å². The highest BCUT2D eigenvalue weighted by molar-refractivity contribution is 6.00. The highest BCUT2D eigenvalue weighted by atomic mass is 16.5. The lowest BCUT2D eigenvalue weighted by Gasteiger charge is -2.15. The molecule has 0 amide bonds. The monoisotopic (exact) mass is 502 g/mol. The molecule has 0 radical (unpaired) electrons. The second kappa shape index (κ2) is 9.68. The van der Waals surface area contributed by atoms with E-state index in [1.54, 1.807) is 12.4 Å². The molecule has 188 valence electrons. The molecule has 0 atom stereocenters. The average molecular weight is 503 g/mol. The molecule has 2 N–H and O–H groups in total. The molecular weight excluding hydrogens is 476 g/mol. The van der Waals surface area contributed by atoms with Crippen LogP contribution in [-0.4, -0.2) is 66.3 Å². The average Bonchev–Trinajstić information content (AvgIpc) is 3.73. The molecule has 0 aromatic carbocycles. The molecule has 7 heterocycles. The van der Waals surface area contributed by atoms with Gasteiger partial charge in [-0.05, 0) is 56.3 Å². The molecule has 0 spiro atoms. The molecule has 0 bridgehead atoms. The van der Waals surface area contributed by atoms with Gasteiger partial charge in [0.25, 0.3) is 0 Å². The maximum atomic E-state index is 6.02. The number of H-pyrrole nitrogens is 2. The van der Waals surface area contributed by atoms with Gasteiger partial charge in [0.15, 0.2) is 5.65 Å². The fourth-order valence-corrected chi connectivity index (χ4v) is 5.13. The van der Waals surface area contributed by atoms with Crippen LogP contribution in [-0.2, 0) is 0 Å². The highest BCUT2D eigenvalue weighted by Gasteiger charge is 2.16. The molecule has 6 aromatic rings. The van der Waals surface area contributed by atoms with Gasteiger partial charge in [-0.3, -0.25) is 25.0 Å². The van der Waals surface area contributed by atoms with Crippen LogP contribution < -0.4 is 4.74 Å². The summed E-state index contributed by atoms with van der Waals surface area (Å²) in [5, 5.41) is 9.62. The summed E-state index contributed by atoms with van der Waals surface area (Å²) in [5.74, 6) is 0.763. The first-order valence-corrected chi connectivity index (χ1v) is 12.8. The maximum absolute atomic E-state index is 6.02. The Balaban J connectivity index is 1.20. The van der Waals surface area contributed by atoms with E-state index < -0.39 is 0 Å². The van der Waals surface area contributed by atoms with Crippen LogP contribution >= 0.6 is 0 Å². The van der Waals surface area contributed by atoms with E-state index in [9.17, 15) is 0 Å². The molecule has 9 heteroatoms. The Bertz CT molecular complexity index is 1720. The number of aromatic amines is 2. The largest absolute Gasteiger partial charge is 0.491 e. The molecule has 0 aliphatic carbocycles. The van der Waals surface area contributed by atoms with Crippen LogP contribution in [0.1, 0.15) is 12.8 Å². The summed E-state index contributed by atoms with van der Waals surface area (Å²) in [5.41, 5.74) is 7.06. The summed E-state index contributed by atoms with van der Waals surface area (Å²) < 4.78 is 6.02. The standard InChI is InChI=1S/C29H26N8O/c1-2-6-32-25(5-1)24-17-31-18-27-22(24)13-26(34-27)28-23-12-20(15-33-29(23)36-35-28)19-11-21(16-30-14-19)38-10-9-37-7-3-4-8-37/h1-2,5-6,11-18,34H,3-4,7-10H2,(H,33,35,36). The molecule has 7 rings (SSSR count). The lowest BCUT2D eigenvalue weighted by molar-refractivity contribution is 0.237. The molecule has 6 aromatic heterocycles. The molecule has 1 aliphatic heterocycles. The number of hydrogen-bond donors (Lipinski definition) is 2. The summed E-state index contributed by atoms with van der Waals surface area (Å²) in [6.07, 6.45) is 13.5. The summed E-state index contributed by atoms with van der Waals surface area (Å²) in [7, 11) is 0. The second-order valence-electron chi connectivity index (χ2n) is 9.55. The minimum atomic E-state index is 0.657. The Kier molecular flexibility index (Phi) is 5.75. The highest BCUT2D eigenvalue weighted by Crippen LogP contribution is 2.34. The van der Waals surface area contributed by atoms with E-state index in [1.807, 2.05) is 49.1 Å². The van der Waals surface area contributed by atoms with Crippen LogP contribution in [0.5, 0.6) is 5.75 Å². The molecule has 0 saturated carbocycles. The van der Waals surface area contributed by atoms with Crippen LogP contribution in [0.4, 0.5) is 0 Å². The zero-order chi connectivity index (χ0) is 25.3. The third-order valence-corrected chi connectivity index (χ3v) is 7.08. The molecular formula is C29H26N8O. The van der Waals surface area contributed by atoms with Crippen LogP contribution in [0.2, 0.25) is 0 Å². The summed E-state index contributed by atoms with van der Waals surface area (Å²) >= 11 is 0. The van der Waals surface area contributed by atoms with Crippen molar-refractivity contribution in [1.29, 1.82) is 0 Å². The molecule has 0 unspecified atom stereocenters. The van der Waals surface area contributed by atoms with Crippen molar-refractivity contribution in [3.05, 3.63) is 73.6 Å². The van der Waals surface area contributed by atoms with Crippen molar-refractivity contribution < 1.29 is 4.74 Å². The van der Waals surface area contributed by atoms with Gasteiger partial charge in [-0.25, -0.2) is 4.98 Å². The van der Waals surface area contributed by atoms with Crippen molar-refractivity contribution in [3.8, 4) is 39.5 Å². The van der Waals surface area contributed by atoms with E-state index in [4.69, 9.17) is 4.74 Å². The molecule has 9 nitrogen and oxygen atoms in total. The number of rotatable bonds is 7. The van der Waals surface area contributed by atoms with Gasteiger partial charge in [0.1, 0.15) is 18.1 Å². The number of likely N-dealkylation sites (tertiary alicyclic amines) is 1. The van der Waals surface area contributed by atoms with Gasteiger partial charge >= 0.3 is 0 Å². The molecule has 1 saturated heterocycles. The minimum absolute atomic E-state index is 0.657. The molecule has 1 aliphatic rings. The molecule has 1 fully saturated rings. The number of nitrogens with one attached hydrogen (secondary N) is 2. The van der Waals surface area contributed by atoms with Gasteiger partial charge in [0.05, 0.1) is 29.3 Å². The zero-order valence-corrected chi connectivity index (χ0v) is 20.8. The van der Waals surface area contributed by atoms with Gasteiger partial charge in [0.2, 0.25) is 0 Å². The van der Waals surface area contributed by atoms with E-state index in [-0.39, 0.29) is 0 Å². The number of pyridine rings is 4. The van der Waals surface area contributed by atoms with E-state index >= 15 is 0 Å².